The number of aromatic nitrogens is 1. The topological polar surface area (TPSA) is 48.5 Å². The molecule has 3 heterocycles. The highest BCUT2D eigenvalue weighted by molar-refractivity contribution is 5.94. The molecule has 2 aromatic rings. The number of hydrogen-bond donors (Lipinski definition) is 1. The number of likely N-dealkylation sites (tertiary alicyclic amines) is 1. The first kappa shape index (κ1) is 22.8. The summed E-state index contributed by atoms with van der Waals surface area (Å²) in [6, 6.07) is 5.98. The maximum atomic E-state index is 13.5. The van der Waals surface area contributed by atoms with Gasteiger partial charge in [0.1, 0.15) is 0 Å². The third-order valence-electron chi connectivity index (χ3n) is 6.83. The third kappa shape index (κ3) is 5.00. The van der Waals surface area contributed by atoms with E-state index in [0.29, 0.717) is 36.6 Å². The molecular formula is C24H31F3N4O. The van der Waals surface area contributed by atoms with Gasteiger partial charge in [-0.15, -0.1) is 0 Å². The van der Waals surface area contributed by atoms with Gasteiger partial charge in [0.25, 0.3) is 0 Å². The van der Waals surface area contributed by atoms with Crippen LogP contribution in [0.5, 0.6) is 0 Å². The number of hydrogen-bond acceptors (Lipinski definition) is 4. The molecule has 32 heavy (non-hydrogen) atoms. The molecule has 2 fully saturated rings. The van der Waals surface area contributed by atoms with Crippen LogP contribution >= 0.6 is 0 Å². The summed E-state index contributed by atoms with van der Waals surface area (Å²) in [5.41, 5.74) is -0.0610. The minimum Gasteiger partial charge on any atom is -0.370 e. The van der Waals surface area contributed by atoms with Crippen molar-refractivity contribution in [3.05, 3.63) is 36.0 Å². The number of anilines is 1. The fourth-order valence-corrected chi connectivity index (χ4v) is 5.06. The Morgan fingerprint density at radius 3 is 2.66 bits per heavy atom. The van der Waals surface area contributed by atoms with Crippen molar-refractivity contribution >= 4 is 22.5 Å². The van der Waals surface area contributed by atoms with Crippen molar-refractivity contribution in [2.75, 3.05) is 44.7 Å². The molecule has 2 aliphatic heterocycles. The van der Waals surface area contributed by atoms with Crippen molar-refractivity contribution < 1.29 is 18.0 Å². The van der Waals surface area contributed by atoms with E-state index in [0.717, 1.165) is 38.4 Å². The molecule has 2 unspecified atom stereocenters. The van der Waals surface area contributed by atoms with Crippen molar-refractivity contribution in [3.63, 3.8) is 0 Å². The summed E-state index contributed by atoms with van der Waals surface area (Å²) in [6.45, 7) is 6.11. The lowest BCUT2D eigenvalue weighted by molar-refractivity contribution is -0.136. The van der Waals surface area contributed by atoms with Crippen molar-refractivity contribution in [3.8, 4) is 0 Å². The number of pyridine rings is 1. The van der Waals surface area contributed by atoms with Crippen LogP contribution in [0.25, 0.3) is 10.9 Å². The van der Waals surface area contributed by atoms with E-state index in [2.05, 4.69) is 34.1 Å². The Hall–Kier alpha value is -2.35. The predicted molar refractivity (Wildman–Crippen MR) is 119 cm³/mol. The average Bonchev–Trinajstić information content (AvgIpc) is 2.76. The zero-order valence-electron chi connectivity index (χ0n) is 18.7. The van der Waals surface area contributed by atoms with E-state index in [9.17, 15) is 18.0 Å². The molecule has 2 aliphatic rings. The van der Waals surface area contributed by atoms with Gasteiger partial charge in [-0.1, -0.05) is 6.92 Å². The van der Waals surface area contributed by atoms with Crippen LogP contribution in [0, 0.1) is 17.8 Å². The Kier molecular flexibility index (Phi) is 6.60. The van der Waals surface area contributed by atoms with E-state index in [4.69, 9.17) is 0 Å². The Morgan fingerprint density at radius 2 is 1.94 bits per heavy atom. The summed E-state index contributed by atoms with van der Waals surface area (Å²) >= 11 is 0. The quantitative estimate of drug-likeness (QED) is 0.763. The normalized spacial score (nSPS) is 23.5. The molecule has 0 aliphatic carbocycles. The molecule has 1 N–H and O–H groups in total. The van der Waals surface area contributed by atoms with Crippen molar-refractivity contribution in [2.24, 2.45) is 17.8 Å². The van der Waals surface area contributed by atoms with Gasteiger partial charge in [0.05, 0.1) is 17.0 Å². The highest BCUT2D eigenvalue weighted by Gasteiger charge is 2.35. The molecule has 2 saturated heterocycles. The van der Waals surface area contributed by atoms with Crippen LogP contribution in [0.1, 0.15) is 31.7 Å². The Bertz CT molecular complexity index is 956. The molecule has 0 saturated carbocycles. The van der Waals surface area contributed by atoms with E-state index in [1.165, 1.54) is 12.3 Å². The number of carbonyl (C=O) groups excluding carboxylic acids is 1. The number of nitrogens with one attached hydrogen (secondary N) is 1. The zero-order chi connectivity index (χ0) is 22.9. The summed E-state index contributed by atoms with van der Waals surface area (Å²) in [4.78, 5) is 21.4. The number of benzene rings is 1. The van der Waals surface area contributed by atoms with Crippen molar-refractivity contribution in [1.29, 1.82) is 0 Å². The molecular weight excluding hydrogens is 417 g/mol. The molecule has 1 aromatic heterocycles. The molecule has 0 spiro atoms. The van der Waals surface area contributed by atoms with Crippen LogP contribution in [0.15, 0.2) is 30.5 Å². The highest BCUT2D eigenvalue weighted by atomic mass is 19.4. The van der Waals surface area contributed by atoms with E-state index in [1.54, 1.807) is 12.1 Å². The number of carbonyl (C=O) groups is 1. The van der Waals surface area contributed by atoms with Gasteiger partial charge in [-0.25, -0.2) is 0 Å². The highest BCUT2D eigenvalue weighted by Crippen LogP contribution is 2.39. The summed E-state index contributed by atoms with van der Waals surface area (Å²) < 4.78 is 40.4. The lowest BCUT2D eigenvalue weighted by Gasteiger charge is -2.38. The minimum atomic E-state index is -4.46. The van der Waals surface area contributed by atoms with Crippen LogP contribution in [0.2, 0.25) is 0 Å². The number of halogens is 3. The Balaban J connectivity index is 1.50. The first-order valence-corrected chi connectivity index (χ1v) is 11.4. The monoisotopic (exact) mass is 448 g/mol. The van der Waals surface area contributed by atoms with Gasteiger partial charge in [0.2, 0.25) is 5.91 Å². The molecule has 0 radical (unpaired) electrons. The van der Waals surface area contributed by atoms with Gasteiger partial charge in [-0.05, 0) is 75.5 Å². The first-order valence-electron chi connectivity index (χ1n) is 11.4. The predicted octanol–water partition coefficient (Wildman–Crippen LogP) is 4.17. The summed E-state index contributed by atoms with van der Waals surface area (Å²) in [5, 5.41) is 3.62. The molecule has 5 nitrogen and oxygen atoms in total. The smallest absolute Gasteiger partial charge is 0.370 e. The van der Waals surface area contributed by atoms with Crippen LogP contribution < -0.4 is 10.2 Å². The van der Waals surface area contributed by atoms with Crippen molar-refractivity contribution in [1.82, 2.24) is 15.2 Å². The largest absolute Gasteiger partial charge is 0.418 e. The van der Waals surface area contributed by atoms with Crippen LogP contribution in [0.3, 0.4) is 0 Å². The fraction of sp³-hybridized carbons (Fsp3) is 0.583. The second-order valence-electron chi connectivity index (χ2n) is 9.46. The Morgan fingerprint density at radius 1 is 1.19 bits per heavy atom. The third-order valence-corrected chi connectivity index (χ3v) is 6.83. The minimum absolute atomic E-state index is 0.0426. The molecule has 1 amide bonds. The van der Waals surface area contributed by atoms with Crippen LogP contribution in [0.4, 0.5) is 18.9 Å². The second-order valence-corrected chi connectivity index (χ2v) is 9.46. The number of fused-ring (bicyclic) bond motifs is 1. The number of alkyl halides is 3. The SMILES string of the molecule is CC1CC(C(=O)NCC2CCN(C)CC2)CN(c2ccc(C(F)(F)F)c3ncccc23)C1. The van der Waals surface area contributed by atoms with Gasteiger partial charge < -0.3 is 15.1 Å². The van der Waals surface area contributed by atoms with Crippen LogP contribution in [-0.2, 0) is 11.0 Å². The molecule has 174 valence electrons. The number of amides is 1. The fourth-order valence-electron chi connectivity index (χ4n) is 5.06. The van der Waals surface area contributed by atoms with Crippen LogP contribution in [-0.4, -0.2) is 55.6 Å². The number of rotatable bonds is 4. The van der Waals surface area contributed by atoms with Gasteiger partial charge in [0, 0.05) is 36.9 Å². The van der Waals surface area contributed by atoms with Gasteiger partial charge in [-0.3, -0.25) is 9.78 Å². The summed E-state index contributed by atoms with van der Waals surface area (Å²) in [6.07, 6.45) is -0.105. The standard InChI is InChI=1S/C24H31F3N4O/c1-16-12-18(23(32)29-13-17-7-10-30(2)11-8-17)15-31(14-16)21-6-5-20(24(25,26)27)22-19(21)4-3-9-28-22/h3-6,9,16-18H,7-8,10-15H2,1-2H3,(H,29,32). The summed E-state index contributed by atoms with van der Waals surface area (Å²) in [5.74, 6) is 0.642. The van der Waals surface area contributed by atoms with E-state index in [-0.39, 0.29) is 23.3 Å². The molecule has 8 heteroatoms. The van der Waals surface area contributed by atoms with Crippen molar-refractivity contribution in [2.45, 2.75) is 32.4 Å². The number of piperidine rings is 2. The molecule has 0 bridgehead atoms. The van der Waals surface area contributed by atoms with E-state index >= 15 is 0 Å². The average molecular weight is 449 g/mol. The summed E-state index contributed by atoms with van der Waals surface area (Å²) in [7, 11) is 2.12. The van der Waals surface area contributed by atoms with Gasteiger partial charge in [-0.2, -0.15) is 13.2 Å². The van der Waals surface area contributed by atoms with Gasteiger partial charge in [0.15, 0.2) is 0 Å². The zero-order valence-corrected chi connectivity index (χ0v) is 18.7. The Labute approximate surface area is 187 Å². The molecule has 1 aromatic carbocycles. The molecule has 2 atom stereocenters. The maximum absolute atomic E-state index is 13.5. The molecule has 4 rings (SSSR count). The first-order chi connectivity index (χ1) is 15.2. The second kappa shape index (κ2) is 9.25. The lowest BCUT2D eigenvalue weighted by atomic mass is 9.88. The van der Waals surface area contributed by atoms with E-state index in [1.807, 2.05) is 0 Å². The number of nitrogens with zero attached hydrogens (tertiary/aromatic N) is 3. The lowest BCUT2D eigenvalue weighted by Crippen LogP contribution is -2.47. The maximum Gasteiger partial charge on any atom is 0.418 e. The van der Waals surface area contributed by atoms with Gasteiger partial charge >= 0.3 is 6.18 Å². The van der Waals surface area contributed by atoms with E-state index < -0.39 is 11.7 Å².